The van der Waals surface area contributed by atoms with Crippen molar-refractivity contribution >= 4 is 35.2 Å². The van der Waals surface area contributed by atoms with E-state index in [1.807, 2.05) is 65.9 Å². The summed E-state index contributed by atoms with van der Waals surface area (Å²) in [5, 5.41) is 13.2. The van der Waals surface area contributed by atoms with Crippen LogP contribution < -0.4 is 20.7 Å². The van der Waals surface area contributed by atoms with Crippen molar-refractivity contribution in [2.45, 2.75) is 87.1 Å². The molecular weight excluding hydrogens is 642 g/mol. The molecule has 0 saturated carbocycles. The summed E-state index contributed by atoms with van der Waals surface area (Å²) in [5.41, 5.74) is 4.42. The van der Waals surface area contributed by atoms with Crippen LogP contribution in [0.2, 0.25) is 0 Å². The number of aromatic nitrogens is 2. The molecule has 280 valence electrons. The molecule has 2 unspecified atom stereocenters. The molecule has 0 saturated heterocycles. The van der Waals surface area contributed by atoms with Crippen LogP contribution in [0.15, 0.2) is 67.3 Å². The summed E-state index contributed by atoms with van der Waals surface area (Å²) in [4.78, 5) is 36.8. The Bertz CT molecular complexity index is 1530. The first-order valence-electron chi connectivity index (χ1n) is 18.1. The fourth-order valence-electron chi connectivity index (χ4n) is 4.68. The highest BCUT2D eigenvalue weighted by Crippen LogP contribution is 2.30. The maximum absolute atomic E-state index is 13.1. The summed E-state index contributed by atoms with van der Waals surface area (Å²) in [7, 11) is 3.43. The molecule has 0 fully saturated rings. The third-order valence-corrected chi connectivity index (χ3v) is 8.02. The molecule has 3 N–H and O–H groups in total. The van der Waals surface area contributed by atoms with Crippen LogP contribution >= 0.6 is 0 Å². The molecule has 10 heteroatoms. The van der Waals surface area contributed by atoms with Crippen molar-refractivity contribution < 1.29 is 23.9 Å². The van der Waals surface area contributed by atoms with E-state index in [9.17, 15) is 14.4 Å². The second-order valence-corrected chi connectivity index (χ2v) is 12.1. The zero-order valence-electron chi connectivity index (χ0n) is 32.5. The first kappa shape index (κ1) is 44.3. The number of nitrogens with zero attached hydrogens (tertiary/aromatic N) is 2. The maximum Gasteiger partial charge on any atom is 0.276 e. The van der Waals surface area contributed by atoms with Gasteiger partial charge in [-0.2, -0.15) is 5.10 Å². The number of nitrogens with one attached hydrogen (secondary N) is 3. The molecule has 3 rings (SSSR count). The second-order valence-electron chi connectivity index (χ2n) is 12.1. The van der Waals surface area contributed by atoms with Gasteiger partial charge in [0.1, 0.15) is 12.0 Å². The molecule has 2 atom stereocenters. The summed E-state index contributed by atoms with van der Waals surface area (Å²) in [6, 6.07) is 13.4. The number of aldehydes is 1. The minimum absolute atomic E-state index is 0.0191. The highest BCUT2D eigenvalue weighted by molar-refractivity contribution is 6.03. The number of carbonyl (C=O) groups excluding carboxylic acids is 3. The molecule has 0 aliphatic rings. The summed E-state index contributed by atoms with van der Waals surface area (Å²) in [5.74, 6) is 0.746. The largest absolute Gasteiger partial charge is 0.495 e. The monoisotopic (exact) mass is 703 g/mol. The van der Waals surface area contributed by atoms with Gasteiger partial charge in [-0.05, 0) is 79.6 Å². The van der Waals surface area contributed by atoms with Crippen molar-refractivity contribution in [2.24, 2.45) is 11.8 Å². The molecule has 0 bridgehead atoms. The van der Waals surface area contributed by atoms with E-state index in [4.69, 9.17) is 9.47 Å². The number of hydrogen-bond acceptors (Lipinski definition) is 7. The average molecular weight is 704 g/mol. The van der Waals surface area contributed by atoms with Crippen LogP contribution in [0.5, 0.6) is 5.75 Å². The number of benzene rings is 2. The Morgan fingerprint density at radius 3 is 2.16 bits per heavy atom. The predicted molar refractivity (Wildman–Crippen MR) is 211 cm³/mol. The van der Waals surface area contributed by atoms with Crippen molar-refractivity contribution in [1.29, 1.82) is 0 Å². The molecule has 2 amide bonds. The third-order valence-electron chi connectivity index (χ3n) is 8.02. The van der Waals surface area contributed by atoms with Gasteiger partial charge in [0, 0.05) is 42.8 Å². The fourth-order valence-corrected chi connectivity index (χ4v) is 4.68. The zero-order chi connectivity index (χ0) is 38.3. The van der Waals surface area contributed by atoms with Gasteiger partial charge in [0.15, 0.2) is 5.69 Å². The Morgan fingerprint density at radius 1 is 0.961 bits per heavy atom. The fraction of sp³-hybridized carbons (Fsp3) is 0.463. The van der Waals surface area contributed by atoms with Gasteiger partial charge in [-0.3, -0.25) is 9.59 Å². The number of rotatable bonds is 18. The molecule has 0 radical (unpaired) electrons. The van der Waals surface area contributed by atoms with Crippen molar-refractivity contribution in [1.82, 2.24) is 15.1 Å². The van der Waals surface area contributed by atoms with Gasteiger partial charge in [-0.15, -0.1) is 0 Å². The highest BCUT2D eigenvalue weighted by atomic mass is 16.5. The summed E-state index contributed by atoms with van der Waals surface area (Å²) in [6.45, 7) is 22.1. The summed E-state index contributed by atoms with van der Waals surface area (Å²) in [6.07, 6.45) is 8.50. The molecule has 51 heavy (non-hydrogen) atoms. The van der Waals surface area contributed by atoms with E-state index in [0.717, 1.165) is 54.5 Å². The SMILES string of the molecule is C=C/C=C(/c1ccc(NC)c(OC)c1)n1nc(C(=O)Nc2ccc(C(=O)NC(C=O)C(C)C)cc2)cc1CC.CC.CCCOCCC(C)CC. The number of ether oxygens (including phenoxy) is 2. The van der Waals surface area contributed by atoms with Crippen molar-refractivity contribution in [3.8, 4) is 5.75 Å². The van der Waals surface area contributed by atoms with Crippen LogP contribution in [0.25, 0.3) is 5.70 Å². The Labute approximate surface area is 306 Å². The molecule has 0 spiro atoms. The lowest BCUT2D eigenvalue weighted by molar-refractivity contribution is -0.110. The van der Waals surface area contributed by atoms with E-state index in [1.165, 1.54) is 12.8 Å². The number of anilines is 2. The van der Waals surface area contributed by atoms with Crippen molar-refractivity contribution in [3.63, 3.8) is 0 Å². The van der Waals surface area contributed by atoms with Gasteiger partial charge in [-0.25, -0.2) is 4.68 Å². The van der Waals surface area contributed by atoms with Gasteiger partial charge in [-0.1, -0.05) is 80.5 Å². The second kappa shape index (κ2) is 24.4. The molecule has 0 aliphatic carbocycles. The van der Waals surface area contributed by atoms with Crippen LogP contribution in [0.3, 0.4) is 0 Å². The van der Waals surface area contributed by atoms with Crippen LogP contribution in [0.4, 0.5) is 11.4 Å². The van der Waals surface area contributed by atoms with Crippen molar-refractivity contribution in [2.75, 3.05) is 38.0 Å². The van der Waals surface area contributed by atoms with Gasteiger partial charge in [0.25, 0.3) is 11.8 Å². The smallest absolute Gasteiger partial charge is 0.276 e. The van der Waals surface area contributed by atoms with E-state index in [0.29, 0.717) is 23.4 Å². The van der Waals surface area contributed by atoms with E-state index >= 15 is 0 Å². The predicted octanol–water partition coefficient (Wildman–Crippen LogP) is 8.65. The van der Waals surface area contributed by atoms with Crippen LogP contribution in [0.1, 0.15) is 107 Å². The van der Waals surface area contributed by atoms with Gasteiger partial charge < -0.3 is 30.2 Å². The van der Waals surface area contributed by atoms with E-state index < -0.39 is 6.04 Å². The van der Waals surface area contributed by atoms with E-state index in [1.54, 1.807) is 48.2 Å². The van der Waals surface area contributed by atoms with Gasteiger partial charge in [0.2, 0.25) is 0 Å². The normalized spacial score (nSPS) is 11.9. The molecule has 3 aromatic rings. The lowest BCUT2D eigenvalue weighted by Crippen LogP contribution is -2.39. The Morgan fingerprint density at radius 2 is 1.63 bits per heavy atom. The van der Waals surface area contributed by atoms with Crippen molar-refractivity contribution in [3.05, 3.63) is 89.8 Å². The number of allylic oxidation sites excluding steroid dienone is 2. The molecule has 10 nitrogen and oxygen atoms in total. The standard InChI is InChI=1S/C30H35N5O4.C9H20O.C2H6/c1-7-9-27(21-12-15-24(31-5)28(16-21)39-6)35-23(8-2)17-25(34-35)30(38)32-22-13-10-20(11-14-22)29(37)33-26(18-36)19(3)4;1-4-7-10-8-6-9(3)5-2;1-2/h7,9-19,26,31H,1,8H2,2-6H3,(H,32,38)(H,33,37);9H,4-8H2,1-3H3;1-2H3/b27-9-;;. The highest BCUT2D eigenvalue weighted by Gasteiger charge is 2.19. The van der Waals surface area contributed by atoms with Crippen LogP contribution in [-0.2, 0) is 16.0 Å². The van der Waals surface area contributed by atoms with Gasteiger partial charge in [0.05, 0.1) is 24.5 Å². The first-order chi connectivity index (χ1) is 24.6. The number of aryl methyl sites for hydroxylation is 1. The maximum atomic E-state index is 13.1. The number of carbonyl (C=O) groups is 3. The molecule has 2 aromatic carbocycles. The topological polar surface area (TPSA) is 124 Å². The first-order valence-corrected chi connectivity index (χ1v) is 18.1. The van der Waals surface area contributed by atoms with Crippen LogP contribution in [-0.4, -0.2) is 61.3 Å². The Hall–Kier alpha value is -4.70. The third kappa shape index (κ3) is 14.2. The summed E-state index contributed by atoms with van der Waals surface area (Å²) >= 11 is 0. The molecular formula is C41H61N5O5. The molecule has 1 heterocycles. The summed E-state index contributed by atoms with van der Waals surface area (Å²) < 4.78 is 12.6. The number of amides is 2. The van der Waals surface area contributed by atoms with Crippen LogP contribution in [0, 0.1) is 11.8 Å². The number of hydrogen-bond donors (Lipinski definition) is 3. The average Bonchev–Trinajstić information content (AvgIpc) is 3.59. The van der Waals surface area contributed by atoms with Gasteiger partial charge >= 0.3 is 0 Å². The zero-order valence-corrected chi connectivity index (χ0v) is 32.5. The lowest BCUT2D eigenvalue weighted by atomic mass is 10.1. The lowest BCUT2D eigenvalue weighted by Gasteiger charge is -2.16. The number of methoxy groups -OCH3 is 1. The minimum atomic E-state index is -0.567. The van der Waals surface area contributed by atoms with E-state index in [-0.39, 0.29) is 23.4 Å². The Kier molecular flexibility index (Phi) is 21.2. The minimum Gasteiger partial charge on any atom is -0.495 e. The van der Waals surface area contributed by atoms with E-state index in [2.05, 4.69) is 48.4 Å². The quantitative estimate of drug-likeness (QED) is 0.0688. The molecule has 1 aromatic heterocycles. The molecule has 0 aliphatic heterocycles. The Balaban J connectivity index is 0.000000932.